The van der Waals surface area contributed by atoms with Crippen molar-refractivity contribution in [3.8, 4) is 11.5 Å². The lowest BCUT2D eigenvalue weighted by atomic mass is 9.91. The Balaban J connectivity index is 2.12. The van der Waals surface area contributed by atoms with E-state index in [1.807, 2.05) is 0 Å². The summed E-state index contributed by atoms with van der Waals surface area (Å²) in [7, 11) is 0. The summed E-state index contributed by atoms with van der Waals surface area (Å²) in [6.45, 7) is 1.80. The van der Waals surface area contributed by atoms with E-state index in [1.54, 1.807) is 4.90 Å². The number of rotatable bonds is 4. The van der Waals surface area contributed by atoms with Crippen LogP contribution in [0.15, 0.2) is 40.9 Å². The highest BCUT2D eigenvalue weighted by Crippen LogP contribution is 2.46. The third-order valence-electron chi connectivity index (χ3n) is 4.69. The van der Waals surface area contributed by atoms with Crippen LogP contribution in [0.1, 0.15) is 22.7 Å². The van der Waals surface area contributed by atoms with Crippen molar-refractivity contribution >= 4 is 15.9 Å². The summed E-state index contributed by atoms with van der Waals surface area (Å²) in [6.07, 6.45) is -9.62. The summed E-state index contributed by atoms with van der Waals surface area (Å²) >= 11 is 3.06. The van der Waals surface area contributed by atoms with E-state index in [9.17, 15) is 31.4 Å². The minimum absolute atomic E-state index is 0.0858. The first-order valence-electron chi connectivity index (χ1n) is 8.86. The smallest absolute Gasteiger partial charge is 0.506 e. The van der Waals surface area contributed by atoms with Crippen molar-refractivity contribution < 1.29 is 36.2 Å². The van der Waals surface area contributed by atoms with Gasteiger partial charge in [0.15, 0.2) is 0 Å². The van der Waals surface area contributed by atoms with E-state index < -0.39 is 35.6 Å². The summed E-state index contributed by atoms with van der Waals surface area (Å²) in [5, 5.41) is 13.6. The number of piperazine rings is 1. The molecule has 0 bridgehead atoms. The van der Waals surface area contributed by atoms with Gasteiger partial charge >= 0.3 is 12.5 Å². The lowest BCUT2D eigenvalue weighted by molar-refractivity contribution is -0.274. The quantitative estimate of drug-likeness (QED) is 0.578. The van der Waals surface area contributed by atoms with E-state index in [0.717, 1.165) is 24.3 Å². The SMILES string of the molecule is Oc1c(Br)ccc(C(F)(F)F)c1[C@@H](c1ccc(OC(F)(F)F)cc1)N1CCNCC1. The first-order chi connectivity index (χ1) is 14.0. The lowest BCUT2D eigenvalue weighted by Gasteiger charge is -2.37. The standard InChI is InChI=1S/C19H17BrF6N2O2/c20-14-6-5-13(18(21,22)23)15(17(14)29)16(28-9-7-27-8-10-28)11-1-3-12(4-2-11)30-19(24,25)26/h1-6,16,27,29H,7-10H2/t16-/m1/s1. The molecule has 1 saturated heterocycles. The van der Waals surface area contributed by atoms with E-state index >= 15 is 0 Å². The Hall–Kier alpha value is -1.98. The van der Waals surface area contributed by atoms with Gasteiger partial charge in [-0.05, 0) is 45.8 Å². The molecule has 0 spiro atoms. The fourth-order valence-electron chi connectivity index (χ4n) is 3.46. The van der Waals surface area contributed by atoms with Crippen LogP contribution in [-0.4, -0.2) is 42.5 Å². The fourth-order valence-corrected chi connectivity index (χ4v) is 3.80. The maximum Gasteiger partial charge on any atom is 0.573 e. The number of phenolic OH excluding ortho intramolecular Hbond substituents is 1. The molecule has 2 aromatic rings. The van der Waals surface area contributed by atoms with Crippen LogP contribution in [0.25, 0.3) is 0 Å². The summed E-state index contributed by atoms with van der Waals surface area (Å²) in [6, 6.07) is 5.58. The minimum atomic E-state index is -4.88. The lowest BCUT2D eigenvalue weighted by Crippen LogP contribution is -2.45. The van der Waals surface area contributed by atoms with Gasteiger partial charge in [0.2, 0.25) is 0 Å². The molecular formula is C19H17BrF6N2O2. The van der Waals surface area contributed by atoms with Gasteiger partial charge in [-0.3, -0.25) is 4.90 Å². The van der Waals surface area contributed by atoms with Crippen molar-refractivity contribution in [3.05, 3.63) is 57.6 Å². The molecule has 0 saturated carbocycles. The number of halogens is 7. The average Bonchev–Trinajstić information content (AvgIpc) is 2.65. The molecule has 1 aliphatic heterocycles. The number of ether oxygens (including phenoxy) is 1. The van der Waals surface area contributed by atoms with Gasteiger partial charge in [0.25, 0.3) is 0 Å². The van der Waals surface area contributed by atoms with E-state index in [4.69, 9.17) is 0 Å². The van der Waals surface area contributed by atoms with Crippen molar-refractivity contribution in [1.82, 2.24) is 10.2 Å². The van der Waals surface area contributed by atoms with Crippen LogP contribution in [0, 0.1) is 0 Å². The van der Waals surface area contributed by atoms with Crippen LogP contribution in [0.4, 0.5) is 26.3 Å². The van der Waals surface area contributed by atoms with Crippen LogP contribution in [0.3, 0.4) is 0 Å². The van der Waals surface area contributed by atoms with Crippen molar-refractivity contribution in [3.63, 3.8) is 0 Å². The molecule has 1 heterocycles. The topological polar surface area (TPSA) is 44.7 Å². The number of alkyl halides is 6. The first kappa shape index (κ1) is 22.7. The molecule has 11 heteroatoms. The molecule has 164 valence electrons. The number of phenols is 1. The molecular weight excluding hydrogens is 482 g/mol. The maximum absolute atomic E-state index is 13.8. The zero-order chi connectivity index (χ0) is 22.1. The molecule has 0 aromatic heterocycles. The monoisotopic (exact) mass is 498 g/mol. The van der Waals surface area contributed by atoms with Gasteiger partial charge in [-0.2, -0.15) is 13.2 Å². The minimum Gasteiger partial charge on any atom is -0.506 e. The third kappa shape index (κ3) is 5.19. The van der Waals surface area contributed by atoms with E-state index in [2.05, 4.69) is 26.0 Å². The Morgan fingerprint density at radius 3 is 2.10 bits per heavy atom. The number of nitrogens with zero attached hydrogens (tertiary/aromatic N) is 1. The van der Waals surface area contributed by atoms with Gasteiger partial charge in [0, 0.05) is 31.7 Å². The van der Waals surface area contributed by atoms with Gasteiger partial charge in [-0.25, -0.2) is 0 Å². The van der Waals surface area contributed by atoms with Crippen molar-refractivity contribution in [2.24, 2.45) is 0 Å². The third-order valence-corrected chi connectivity index (χ3v) is 5.33. The van der Waals surface area contributed by atoms with Crippen LogP contribution in [0.5, 0.6) is 11.5 Å². The van der Waals surface area contributed by atoms with Crippen molar-refractivity contribution in [1.29, 1.82) is 0 Å². The number of hydrogen-bond acceptors (Lipinski definition) is 4. The molecule has 1 aliphatic rings. The van der Waals surface area contributed by atoms with E-state index in [0.29, 0.717) is 31.7 Å². The Morgan fingerprint density at radius 2 is 1.57 bits per heavy atom. The van der Waals surface area contributed by atoms with Gasteiger partial charge in [0.05, 0.1) is 16.1 Å². The molecule has 2 aromatic carbocycles. The second kappa shape index (κ2) is 8.64. The highest BCUT2D eigenvalue weighted by Gasteiger charge is 2.40. The Morgan fingerprint density at radius 1 is 0.967 bits per heavy atom. The molecule has 0 aliphatic carbocycles. The molecule has 3 rings (SSSR count). The average molecular weight is 499 g/mol. The predicted molar refractivity (Wildman–Crippen MR) is 100 cm³/mol. The van der Waals surface area contributed by atoms with Gasteiger partial charge < -0.3 is 15.2 Å². The summed E-state index contributed by atoms with van der Waals surface area (Å²) in [4.78, 5) is 1.74. The largest absolute Gasteiger partial charge is 0.573 e. The molecule has 0 radical (unpaired) electrons. The highest BCUT2D eigenvalue weighted by atomic mass is 79.9. The summed E-state index contributed by atoms with van der Waals surface area (Å²) < 4.78 is 82.5. The number of benzene rings is 2. The number of hydrogen-bond donors (Lipinski definition) is 2. The van der Waals surface area contributed by atoms with Crippen LogP contribution < -0.4 is 10.1 Å². The zero-order valence-electron chi connectivity index (χ0n) is 15.3. The van der Waals surface area contributed by atoms with Crippen LogP contribution >= 0.6 is 15.9 Å². The second-order valence-corrected chi connectivity index (χ2v) is 7.51. The fraction of sp³-hybridized carbons (Fsp3) is 0.368. The van der Waals surface area contributed by atoms with Gasteiger partial charge in [0.1, 0.15) is 11.5 Å². The summed E-state index contributed by atoms with van der Waals surface area (Å²) in [5.74, 6) is -1.05. The molecule has 30 heavy (non-hydrogen) atoms. The maximum atomic E-state index is 13.8. The van der Waals surface area contributed by atoms with Crippen LogP contribution in [0.2, 0.25) is 0 Å². The predicted octanol–water partition coefficient (Wildman–Crippen LogP) is 5.07. The number of aromatic hydroxyl groups is 1. The molecule has 0 amide bonds. The Bertz CT molecular complexity index is 880. The van der Waals surface area contributed by atoms with Crippen LogP contribution in [-0.2, 0) is 6.18 Å². The van der Waals surface area contributed by atoms with Crippen molar-refractivity contribution in [2.45, 2.75) is 18.6 Å². The van der Waals surface area contributed by atoms with E-state index in [-0.39, 0.29) is 10.0 Å². The summed E-state index contributed by atoms with van der Waals surface area (Å²) in [5.41, 5.74) is -1.07. The zero-order valence-corrected chi connectivity index (χ0v) is 16.9. The second-order valence-electron chi connectivity index (χ2n) is 6.66. The molecule has 1 atom stereocenters. The van der Waals surface area contributed by atoms with Gasteiger partial charge in [-0.1, -0.05) is 12.1 Å². The van der Waals surface area contributed by atoms with E-state index in [1.165, 1.54) is 12.1 Å². The Kier molecular flexibility index (Phi) is 6.54. The molecule has 0 unspecified atom stereocenters. The van der Waals surface area contributed by atoms with Crippen molar-refractivity contribution in [2.75, 3.05) is 26.2 Å². The van der Waals surface area contributed by atoms with Gasteiger partial charge in [-0.15, -0.1) is 13.2 Å². The normalized spacial score (nSPS) is 17.0. The number of nitrogens with one attached hydrogen (secondary N) is 1. The Labute approximate surface area is 176 Å². The molecule has 4 nitrogen and oxygen atoms in total. The molecule has 2 N–H and O–H groups in total. The molecule has 1 fully saturated rings. The highest BCUT2D eigenvalue weighted by molar-refractivity contribution is 9.10. The first-order valence-corrected chi connectivity index (χ1v) is 9.65.